The Balaban J connectivity index is 2.58. The van der Waals surface area contributed by atoms with E-state index in [9.17, 15) is 28.1 Å². The Hall–Kier alpha value is -2.71. The summed E-state index contributed by atoms with van der Waals surface area (Å²) in [5, 5.41) is 10.6. The number of aromatic nitrogens is 2. The summed E-state index contributed by atoms with van der Waals surface area (Å²) in [6.07, 6.45) is -4.81. The first-order chi connectivity index (χ1) is 9.27. The van der Waals surface area contributed by atoms with Crippen LogP contribution in [0.2, 0.25) is 0 Å². The number of aromatic amines is 1. The van der Waals surface area contributed by atoms with Crippen LogP contribution in [0.25, 0.3) is 11.3 Å². The number of nitrogens with one attached hydrogen (secondary N) is 1. The van der Waals surface area contributed by atoms with Crippen molar-refractivity contribution in [3.8, 4) is 11.3 Å². The molecule has 1 aromatic heterocycles. The zero-order valence-corrected chi connectivity index (χ0v) is 9.64. The van der Waals surface area contributed by atoms with Gasteiger partial charge in [-0.05, 0) is 0 Å². The Bertz CT molecular complexity index is 725. The third-order valence-corrected chi connectivity index (χ3v) is 2.36. The van der Waals surface area contributed by atoms with Crippen molar-refractivity contribution >= 4 is 5.69 Å². The van der Waals surface area contributed by atoms with Crippen LogP contribution in [-0.2, 0) is 6.18 Å². The minimum atomic E-state index is -4.81. The molecule has 0 unspecified atom stereocenters. The summed E-state index contributed by atoms with van der Waals surface area (Å²) in [4.78, 5) is 26.0. The molecule has 0 saturated heterocycles. The van der Waals surface area contributed by atoms with E-state index in [0.29, 0.717) is 0 Å². The number of nitro benzene ring substituents is 1. The van der Waals surface area contributed by atoms with Crippen LogP contribution in [0.3, 0.4) is 0 Å². The lowest BCUT2D eigenvalue weighted by atomic mass is 10.1. The summed E-state index contributed by atoms with van der Waals surface area (Å²) in [5.41, 5.74) is -1.53. The Morgan fingerprint density at radius 3 is 2.55 bits per heavy atom. The van der Waals surface area contributed by atoms with Crippen molar-refractivity contribution in [3.05, 3.63) is 56.6 Å². The number of nitro groups is 1. The lowest BCUT2D eigenvalue weighted by molar-refractivity contribution is -0.384. The number of hydrogen-bond donors (Lipinski definition) is 1. The van der Waals surface area contributed by atoms with Crippen molar-refractivity contribution in [1.29, 1.82) is 0 Å². The summed E-state index contributed by atoms with van der Waals surface area (Å²) in [5.74, 6) is -1.45. The highest BCUT2D eigenvalue weighted by Crippen LogP contribution is 2.27. The number of rotatable bonds is 2. The first kappa shape index (κ1) is 13.7. The summed E-state index contributed by atoms with van der Waals surface area (Å²) < 4.78 is 37.6. The average molecular weight is 285 g/mol. The van der Waals surface area contributed by atoms with Gasteiger partial charge < -0.3 is 4.98 Å². The van der Waals surface area contributed by atoms with E-state index in [1.54, 1.807) is 4.98 Å². The number of hydrogen-bond acceptors (Lipinski definition) is 4. The number of nitrogens with zero attached hydrogens (tertiary/aromatic N) is 2. The van der Waals surface area contributed by atoms with Crippen molar-refractivity contribution in [1.82, 2.24) is 9.97 Å². The molecular weight excluding hydrogens is 279 g/mol. The molecule has 1 N–H and O–H groups in total. The maximum absolute atomic E-state index is 12.5. The van der Waals surface area contributed by atoms with Crippen molar-refractivity contribution < 1.29 is 18.1 Å². The van der Waals surface area contributed by atoms with Gasteiger partial charge in [0.15, 0.2) is 0 Å². The number of H-pyrrole nitrogens is 1. The molecule has 1 heterocycles. The molecular formula is C11H6F3N3O3. The molecule has 1 aromatic carbocycles. The Morgan fingerprint density at radius 2 is 1.95 bits per heavy atom. The van der Waals surface area contributed by atoms with Gasteiger partial charge in [-0.2, -0.15) is 13.2 Å². The number of alkyl halides is 3. The van der Waals surface area contributed by atoms with Crippen LogP contribution in [-0.4, -0.2) is 14.9 Å². The van der Waals surface area contributed by atoms with Gasteiger partial charge in [-0.1, -0.05) is 12.1 Å². The van der Waals surface area contributed by atoms with E-state index in [1.165, 1.54) is 18.2 Å². The number of halogens is 3. The molecule has 0 bridgehead atoms. The van der Waals surface area contributed by atoms with Gasteiger partial charge in [-0.25, -0.2) is 4.98 Å². The lowest BCUT2D eigenvalue weighted by Gasteiger charge is -2.07. The molecule has 0 aliphatic carbocycles. The minimum Gasteiger partial charge on any atom is -0.303 e. The molecule has 0 amide bonds. The number of non-ortho nitro benzene ring substituents is 1. The third kappa shape index (κ3) is 2.82. The Kier molecular flexibility index (Phi) is 3.26. The monoisotopic (exact) mass is 285 g/mol. The summed E-state index contributed by atoms with van der Waals surface area (Å²) in [6, 6.07) is 5.69. The van der Waals surface area contributed by atoms with Crippen molar-refractivity contribution in [2.45, 2.75) is 6.18 Å². The summed E-state index contributed by atoms with van der Waals surface area (Å²) >= 11 is 0. The second kappa shape index (κ2) is 4.76. The molecule has 0 aliphatic heterocycles. The fourth-order valence-electron chi connectivity index (χ4n) is 1.52. The van der Waals surface area contributed by atoms with Gasteiger partial charge >= 0.3 is 6.18 Å². The van der Waals surface area contributed by atoms with Crippen molar-refractivity contribution in [3.63, 3.8) is 0 Å². The van der Waals surface area contributed by atoms with Crippen molar-refractivity contribution in [2.24, 2.45) is 0 Å². The van der Waals surface area contributed by atoms with E-state index >= 15 is 0 Å². The smallest absolute Gasteiger partial charge is 0.303 e. The maximum atomic E-state index is 12.5. The van der Waals surface area contributed by atoms with Crippen LogP contribution >= 0.6 is 0 Å². The van der Waals surface area contributed by atoms with E-state index in [0.717, 1.165) is 12.1 Å². The predicted octanol–water partition coefficient (Wildman–Crippen LogP) is 2.36. The topological polar surface area (TPSA) is 88.9 Å². The number of benzene rings is 1. The van der Waals surface area contributed by atoms with Crippen LogP contribution in [0.5, 0.6) is 0 Å². The Labute approximate surface area is 109 Å². The first-order valence-electron chi connectivity index (χ1n) is 5.21. The second-order valence-electron chi connectivity index (χ2n) is 3.78. The van der Waals surface area contributed by atoms with Gasteiger partial charge in [0.25, 0.3) is 11.2 Å². The molecule has 104 valence electrons. The zero-order chi connectivity index (χ0) is 14.9. The van der Waals surface area contributed by atoms with Crippen LogP contribution in [0.4, 0.5) is 18.9 Å². The minimum absolute atomic E-state index is 0.0517. The highest BCUT2D eigenvalue weighted by Gasteiger charge is 2.34. The zero-order valence-electron chi connectivity index (χ0n) is 9.64. The largest absolute Gasteiger partial charge is 0.449 e. The quantitative estimate of drug-likeness (QED) is 0.677. The van der Waals surface area contributed by atoms with Gasteiger partial charge in [0.05, 0.1) is 10.6 Å². The van der Waals surface area contributed by atoms with E-state index in [-0.39, 0.29) is 16.9 Å². The second-order valence-corrected chi connectivity index (χ2v) is 3.78. The van der Waals surface area contributed by atoms with Crippen molar-refractivity contribution in [2.75, 3.05) is 0 Å². The fraction of sp³-hybridized carbons (Fsp3) is 0.0909. The molecule has 0 saturated carbocycles. The first-order valence-corrected chi connectivity index (χ1v) is 5.21. The molecule has 0 fully saturated rings. The summed E-state index contributed by atoms with van der Waals surface area (Å²) in [7, 11) is 0. The molecule has 0 atom stereocenters. The van der Waals surface area contributed by atoms with E-state index in [1.807, 2.05) is 0 Å². The maximum Gasteiger partial charge on any atom is 0.449 e. The van der Waals surface area contributed by atoms with E-state index in [2.05, 4.69) is 4.98 Å². The molecule has 6 nitrogen and oxygen atoms in total. The van der Waals surface area contributed by atoms with Gasteiger partial charge in [0, 0.05) is 23.8 Å². The molecule has 20 heavy (non-hydrogen) atoms. The molecule has 9 heteroatoms. The molecule has 0 radical (unpaired) electrons. The third-order valence-electron chi connectivity index (χ3n) is 2.36. The average Bonchev–Trinajstić information content (AvgIpc) is 2.37. The van der Waals surface area contributed by atoms with Gasteiger partial charge in [-0.3, -0.25) is 14.9 Å². The van der Waals surface area contributed by atoms with E-state index < -0.39 is 22.5 Å². The SMILES string of the molecule is O=c1cc(-c2cccc([N+](=O)[O-])c2)nc(C(F)(F)F)[nH]1. The Morgan fingerprint density at radius 1 is 1.25 bits per heavy atom. The van der Waals surface area contributed by atoms with Crippen LogP contribution in [0.1, 0.15) is 5.82 Å². The normalized spacial score (nSPS) is 11.3. The predicted molar refractivity (Wildman–Crippen MR) is 62.0 cm³/mol. The van der Waals surface area contributed by atoms with Gasteiger partial charge in [-0.15, -0.1) is 0 Å². The molecule has 0 aliphatic rings. The summed E-state index contributed by atoms with van der Waals surface area (Å²) in [6.45, 7) is 0. The molecule has 0 spiro atoms. The van der Waals surface area contributed by atoms with Crippen LogP contribution in [0.15, 0.2) is 35.1 Å². The highest BCUT2D eigenvalue weighted by atomic mass is 19.4. The van der Waals surface area contributed by atoms with E-state index in [4.69, 9.17) is 0 Å². The molecule has 2 aromatic rings. The fourth-order valence-corrected chi connectivity index (χ4v) is 1.52. The standard InChI is InChI=1S/C11H6F3N3O3/c12-11(13,14)10-15-8(5-9(18)16-10)6-2-1-3-7(4-6)17(19)20/h1-5H,(H,15,16,18). The lowest BCUT2D eigenvalue weighted by Crippen LogP contribution is -2.18. The van der Waals surface area contributed by atoms with Crippen LogP contribution in [0, 0.1) is 10.1 Å². The van der Waals surface area contributed by atoms with Crippen LogP contribution < -0.4 is 5.56 Å². The highest BCUT2D eigenvalue weighted by molar-refractivity contribution is 5.62. The van der Waals surface area contributed by atoms with Gasteiger partial charge in [0.2, 0.25) is 5.82 Å². The molecule has 2 rings (SSSR count). The van der Waals surface area contributed by atoms with Gasteiger partial charge in [0.1, 0.15) is 0 Å².